The molecular weight excluding hydrogens is 264 g/mol. The van der Waals surface area contributed by atoms with Crippen molar-refractivity contribution in [2.24, 2.45) is 5.41 Å². The maximum Gasteiger partial charge on any atom is 0.0958 e. The lowest BCUT2D eigenvalue weighted by molar-refractivity contribution is 0.142. The number of para-hydroxylation sites is 2. The zero-order valence-corrected chi connectivity index (χ0v) is 10.8. The Labute approximate surface area is 104 Å². The first-order valence-electron chi connectivity index (χ1n) is 5.79. The van der Waals surface area contributed by atoms with Crippen LogP contribution >= 0.6 is 15.9 Å². The van der Waals surface area contributed by atoms with Crippen molar-refractivity contribution < 1.29 is 0 Å². The number of hydrogen-bond donors (Lipinski definition) is 0. The predicted molar refractivity (Wildman–Crippen MR) is 69.8 cm³/mol. The Bertz CT molecular complexity index is 494. The van der Waals surface area contributed by atoms with E-state index in [9.17, 15) is 0 Å². The molecule has 1 saturated carbocycles. The molecule has 84 valence electrons. The minimum absolute atomic E-state index is 0.476. The number of nitrogens with zero attached hydrogens (tertiary/aromatic N) is 2. The molecule has 0 unspecified atom stereocenters. The van der Waals surface area contributed by atoms with Gasteiger partial charge < -0.3 is 4.57 Å². The van der Waals surface area contributed by atoms with E-state index in [-0.39, 0.29) is 0 Å². The van der Waals surface area contributed by atoms with Crippen molar-refractivity contribution in [3.05, 3.63) is 30.6 Å². The number of halogens is 1. The van der Waals surface area contributed by atoms with Crippen LogP contribution in [0, 0.1) is 5.41 Å². The van der Waals surface area contributed by atoms with Gasteiger partial charge >= 0.3 is 0 Å². The monoisotopic (exact) mass is 278 g/mol. The van der Waals surface area contributed by atoms with E-state index in [1.165, 1.54) is 24.8 Å². The van der Waals surface area contributed by atoms with Crippen molar-refractivity contribution in [2.75, 3.05) is 5.33 Å². The maximum atomic E-state index is 4.44. The fourth-order valence-corrected chi connectivity index (χ4v) is 3.25. The summed E-state index contributed by atoms with van der Waals surface area (Å²) in [5.41, 5.74) is 2.84. The molecule has 0 radical (unpaired) electrons. The summed E-state index contributed by atoms with van der Waals surface area (Å²) in [5.74, 6) is 0. The smallest absolute Gasteiger partial charge is 0.0958 e. The van der Waals surface area contributed by atoms with Gasteiger partial charge in [0.25, 0.3) is 0 Å². The van der Waals surface area contributed by atoms with Crippen LogP contribution < -0.4 is 0 Å². The summed E-state index contributed by atoms with van der Waals surface area (Å²) in [6, 6.07) is 8.36. The van der Waals surface area contributed by atoms with Gasteiger partial charge in [-0.3, -0.25) is 0 Å². The van der Waals surface area contributed by atoms with Crippen molar-refractivity contribution >= 4 is 27.0 Å². The second-order valence-corrected chi connectivity index (χ2v) is 5.41. The fourth-order valence-electron chi connectivity index (χ4n) is 2.51. The van der Waals surface area contributed by atoms with E-state index in [0.29, 0.717) is 5.41 Å². The second-order valence-electron chi connectivity index (χ2n) is 4.85. The Balaban J connectivity index is 1.94. The number of rotatable bonds is 3. The van der Waals surface area contributed by atoms with Crippen LogP contribution in [0.25, 0.3) is 11.0 Å². The number of fused-ring (bicyclic) bond motifs is 1. The van der Waals surface area contributed by atoms with Gasteiger partial charge in [-0.2, -0.15) is 0 Å². The van der Waals surface area contributed by atoms with E-state index in [2.05, 4.69) is 43.7 Å². The maximum absolute atomic E-state index is 4.44. The van der Waals surface area contributed by atoms with Gasteiger partial charge in [-0.15, -0.1) is 0 Å². The number of imidazole rings is 1. The van der Waals surface area contributed by atoms with Crippen LogP contribution in [0.1, 0.15) is 19.3 Å². The lowest BCUT2D eigenvalue weighted by Gasteiger charge is -2.40. The molecule has 0 saturated heterocycles. The first kappa shape index (κ1) is 10.3. The number of aromatic nitrogens is 2. The Morgan fingerprint density at radius 2 is 2.12 bits per heavy atom. The molecule has 0 spiro atoms. The molecular formula is C13H15BrN2. The molecule has 0 bridgehead atoms. The normalized spacial score (nSPS) is 18.6. The third-order valence-electron chi connectivity index (χ3n) is 3.73. The molecule has 1 aliphatic rings. The summed E-state index contributed by atoms with van der Waals surface area (Å²) >= 11 is 3.66. The van der Waals surface area contributed by atoms with Gasteiger partial charge in [0.2, 0.25) is 0 Å². The quantitative estimate of drug-likeness (QED) is 0.785. The lowest BCUT2D eigenvalue weighted by Crippen LogP contribution is -2.35. The second kappa shape index (κ2) is 3.88. The predicted octanol–water partition coefficient (Wildman–Crippen LogP) is 3.60. The Hall–Kier alpha value is -0.830. The van der Waals surface area contributed by atoms with E-state index < -0.39 is 0 Å². The summed E-state index contributed by atoms with van der Waals surface area (Å²) in [6.45, 7) is 1.10. The molecule has 1 fully saturated rings. The van der Waals surface area contributed by atoms with Crippen molar-refractivity contribution in [1.29, 1.82) is 0 Å². The average molecular weight is 279 g/mol. The van der Waals surface area contributed by atoms with Crippen molar-refractivity contribution in [1.82, 2.24) is 9.55 Å². The summed E-state index contributed by atoms with van der Waals surface area (Å²) in [7, 11) is 0. The summed E-state index contributed by atoms with van der Waals surface area (Å²) in [4.78, 5) is 4.44. The fraction of sp³-hybridized carbons (Fsp3) is 0.462. The topological polar surface area (TPSA) is 17.8 Å². The molecule has 1 aromatic carbocycles. The number of benzene rings is 1. The standard InChI is InChI=1S/C13H15BrN2/c14-8-13(6-3-7-13)9-16-10-15-11-4-1-2-5-12(11)16/h1-2,4-5,10H,3,6-9H2. The van der Waals surface area contributed by atoms with E-state index >= 15 is 0 Å². The SMILES string of the molecule is BrCC1(Cn2cnc3ccccc32)CCC1. The highest BCUT2D eigenvalue weighted by molar-refractivity contribution is 9.09. The molecule has 2 aromatic rings. The van der Waals surface area contributed by atoms with Crippen LogP contribution in [-0.4, -0.2) is 14.9 Å². The molecule has 0 N–H and O–H groups in total. The van der Waals surface area contributed by atoms with Crippen LogP contribution in [0.15, 0.2) is 30.6 Å². The highest BCUT2D eigenvalue weighted by atomic mass is 79.9. The number of alkyl halides is 1. The van der Waals surface area contributed by atoms with Crippen LogP contribution in [0.3, 0.4) is 0 Å². The van der Waals surface area contributed by atoms with Gasteiger partial charge in [0, 0.05) is 11.9 Å². The third-order valence-corrected chi connectivity index (χ3v) is 4.92. The zero-order chi connectivity index (χ0) is 11.0. The Morgan fingerprint density at radius 1 is 1.31 bits per heavy atom. The van der Waals surface area contributed by atoms with Gasteiger partial charge in [-0.1, -0.05) is 34.5 Å². The van der Waals surface area contributed by atoms with Gasteiger partial charge in [0.1, 0.15) is 0 Å². The molecule has 1 aliphatic carbocycles. The van der Waals surface area contributed by atoms with E-state index in [4.69, 9.17) is 0 Å². The first-order valence-corrected chi connectivity index (χ1v) is 6.91. The minimum atomic E-state index is 0.476. The van der Waals surface area contributed by atoms with E-state index in [0.717, 1.165) is 17.4 Å². The van der Waals surface area contributed by atoms with Crippen LogP contribution in [0.5, 0.6) is 0 Å². The van der Waals surface area contributed by atoms with Crippen molar-refractivity contribution in [3.63, 3.8) is 0 Å². The first-order chi connectivity index (χ1) is 7.83. The Kier molecular flexibility index (Phi) is 2.51. The summed E-state index contributed by atoms with van der Waals surface area (Å²) in [6.07, 6.45) is 6.03. The minimum Gasteiger partial charge on any atom is -0.330 e. The third kappa shape index (κ3) is 1.58. The Morgan fingerprint density at radius 3 is 2.81 bits per heavy atom. The zero-order valence-electron chi connectivity index (χ0n) is 9.19. The van der Waals surface area contributed by atoms with E-state index in [1.807, 2.05) is 12.4 Å². The molecule has 0 atom stereocenters. The largest absolute Gasteiger partial charge is 0.330 e. The van der Waals surface area contributed by atoms with Crippen LogP contribution in [-0.2, 0) is 6.54 Å². The van der Waals surface area contributed by atoms with Crippen LogP contribution in [0.4, 0.5) is 0 Å². The van der Waals surface area contributed by atoms with Crippen molar-refractivity contribution in [3.8, 4) is 0 Å². The molecule has 0 amide bonds. The molecule has 16 heavy (non-hydrogen) atoms. The summed E-state index contributed by atoms with van der Waals surface area (Å²) in [5, 5.41) is 1.10. The average Bonchev–Trinajstić information content (AvgIpc) is 2.67. The van der Waals surface area contributed by atoms with Gasteiger partial charge in [-0.25, -0.2) is 4.98 Å². The van der Waals surface area contributed by atoms with E-state index in [1.54, 1.807) is 0 Å². The molecule has 2 nitrogen and oxygen atoms in total. The van der Waals surface area contributed by atoms with Gasteiger partial charge in [-0.05, 0) is 30.4 Å². The van der Waals surface area contributed by atoms with Crippen molar-refractivity contribution in [2.45, 2.75) is 25.8 Å². The highest BCUT2D eigenvalue weighted by Gasteiger charge is 2.36. The number of hydrogen-bond acceptors (Lipinski definition) is 1. The van der Waals surface area contributed by atoms with Gasteiger partial charge in [0.15, 0.2) is 0 Å². The molecule has 0 aliphatic heterocycles. The molecule has 1 heterocycles. The van der Waals surface area contributed by atoms with Gasteiger partial charge in [0.05, 0.1) is 17.4 Å². The van der Waals surface area contributed by atoms with Crippen LogP contribution in [0.2, 0.25) is 0 Å². The molecule has 1 aromatic heterocycles. The highest BCUT2D eigenvalue weighted by Crippen LogP contribution is 2.44. The molecule has 3 heteroatoms. The summed E-state index contributed by atoms with van der Waals surface area (Å²) < 4.78 is 2.30. The molecule has 3 rings (SSSR count). The lowest BCUT2D eigenvalue weighted by atomic mass is 9.70.